The molecule has 2 heterocycles. The fraction of sp³-hybridized carbons (Fsp3) is 0.200. The monoisotopic (exact) mass is 487 g/mol. The molecule has 4 rings (SSSR count). The van der Waals surface area contributed by atoms with E-state index in [1.54, 1.807) is 35.2 Å². The van der Waals surface area contributed by atoms with E-state index in [9.17, 15) is 22.4 Å². The van der Waals surface area contributed by atoms with Gasteiger partial charge in [0.05, 0.1) is 24.9 Å². The number of hydrogen-bond donors (Lipinski definition) is 1. The van der Waals surface area contributed by atoms with Crippen molar-refractivity contribution in [2.45, 2.75) is 32.4 Å². The predicted octanol–water partition coefficient (Wildman–Crippen LogP) is 5.56. The highest BCUT2D eigenvalue weighted by atomic mass is 19.4. The van der Waals surface area contributed by atoms with Crippen molar-refractivity contribution in [3.05, 3.63) is 113 Å². The predicted molar refractivity (Wildman–Crippen MR) is 117 cm³/mol. The van der Waals surface area contributed by atoms with Crippen molar-refractivity contribution in [3.63, 3.8) is 0 Å². The van der Waals surface area contributed by atoms with Crippen LogP contribution in [-0.4, -0.2) is 15.8 Å². The molecule has 0 aliphatic heterocycles. The Balaban J connectivity index is 1.49. The first-order chi connectivity index (χ1) is 16.8. The Morgan fingerprint density at radius 3 is 2.37 bits per heavy atom. The van der Waals surface area contributed by atoms with Gasteiger partial charge in [-0.2, -0.15) is 13.2 Å². The Kier molecular flexibility index (Phi) is 7.31. The summed E-state index contributed by atoms with van der Waals surface area (Å²) in [6.07, 6.45) is -1.77. The summed E-state index contributed by atoms with van der Waals surface area (Å²) in [6, 6.07) is 14.3. The van der Waals surface area contributed by atoms with Crippen molar-refractivity contribution < 1.29 is 31.2 Å². The highest BCUT2D eigenvalue weighted by Gasteiger charge is 2.30. The van der Waals surface area contributed by atoms with E-state index < -0.39 is 23.5 Å². The van der Waals surface area contributed by atoms with E-state index in [1.807, 2.05) is 0 Å². The third-order valence-corrected chi connectivity index (χ3v) is 5.10. The van der Waals surface area contributed by atoms with Gasteiger partial charge < -0.3 is 14.2 Å². The summed E-state index contributed by atoms with van der Waals surface area (Å²) in [6.45, 7) is 0.590. The SMILES string of the molecule is O=C(NCc1ccco1)c1coc(CN(Cc2cccc(F)c2)Cc2cccc(C(F)(F)F)c2)n1. The quantitative estimate of drug-likeness (QED) is 0.313. The lowest BCUT2D eigenvalue weighted by Gasteiger charge is -2.21. The van der Waals surface area contributed by atoms with Gasteiger partial charge in [-0.05, 0) is 41.5 Å². The number of furan rings is 1. The topological polar surface area (TPSA) is 71.5 Å². The van der Waals surface area contributed by atoms with Gasteiger partial charge in [0.25, 0.3) is 5.91 Å². The van der Waals surface area contributed by atoms with E-state index in [-0.39, 0.29) is 37.8 Å². The van der Waals surface area contributed by atoms with Gasteiger partial charge in [-0.15, -0.1) is 0 Å². The number of carbonyl (C=O) groups excluding carboxylic acids is 1. The molecule has 4 aromatic rings. The van der Waals surface area contributed by atoms with Crippen LogP contribution in [0.3, 0.4) is 0 Å². The van der Waals surface area contributed by atoms with Crippen LogP contribution in [0.5, 0.6) is 0 Å². The molecule has 0 spiro atoms. The summed E-state index contributed by atoms with van der Waals surface area (Å²) in [5.41, 5.74) is 0.336. The van der Waals surface area contributed by atoms with Crippen LogP contribution in [0.15, 0.2) is 82.0 Å². The molecule has 6 nitrogen and oxygen atoms in total. The summed E-state index contributed by atoms with van der Waals surface area (Å²) in [7, 11) is 0. The zero-order valence-corrected chi connectivity index (χ0v) is 18.4. The number of amides is 1. The largest absolute Gasteiger partial charge is 0.467 e. The molecule has 0 atom stereocenters. The summed E-state index contributed by atoms with van der Waals surface area (Å²) in [4.78, 5) is 18.3. The van der Waals surface area contributed by atoms with Crippen LogP contribution in [0.4, 0.5) is 17.6 Å². The summed E-state index contributed by atoms with van der Waals surface area (Å²) >= 11 is 0. The van der Waals surface area contributed by atoms with E-state index in [2.05, 4.69) is 10.3 Å². The Morgan fingerprint density at radius 1 is 0.943 bits per heavy atom. The van der Waals surface area contributed by atoms with Crippen LogP contribution >= 0.6 is 0 Å². The smallest absolute Gasteiger partial charge is 0.416 e. The van der Waals surface area contributed by atoms with E-state index in [1.165, 1.54) is 30.7 Å². The lowest BCUT2D eigenvalue weighted by atomic mass is 10.1. The fourth-order valence-electron chi connectivity index (χ4n) is 3.52. The maximum atomic E-state index is 13.7. The third kappa shape index (κ3) is 6.80. The number of benzene rings is 2. The number of nitrogens with zero attached hydrogens (tertiary/aromatic N) is 2. The lowest BCUT2D eigenvalue weighted by Crippen LogP contribution is -2.24. The maximum absolute atomic E-state index is 13.7. The highest BCUT2D eigenvalue weighted by Crippen LogP contribution is 2.30. The van der Waals surface area contributed by atoms with Crippen molar-refractivity contribution in [3.8, 4) is 0 Å². The first-order valence-corrected chi connectivity index (χ1v) is 10.6. The molecule has 1 N–H and O–H groups in total. The van der Waals surface area contributed by atoms with Gasteiger partial charge in [0.1, 0.15) is 17.8 Å². The third-order valence-electron chi connectivity index (χ3n) is 5.10. The first-order valence-electron chi connectivity index (χ1n) is 10.6. The molecule has 182 valence electrons. The fourth-order valence-corrected chi connectivity index (χ4v) is 3.52. The lowest BCUT2D eigenvalue weighted by molar-refractivity contribution is -0.137. The van der Waals surface area contributed by atoms with Crippen molar-refractivity contribution in [2.75, 3.05) is 0 Å². The van der Waals surface area contributed by atoms with Gasteiger partial charge in [0.2, 0.25) is 5.89 Å². The molecule has 35 heavy (non-hydrogen) atoms. The molecule has 0 aliphatic carbocycles. The Labute approximate surface area is 198 Å². The molecule has 10 heteroatoms. The molecule has 2 aromatic heterocycles. The average Bonchev–Trinajstić information content (AvgIpc) is 3.49. The number of hydrogen-bond acceptors (Lipinski definition) is 5. The Morgan fingerprint density at radius 2 is 1.69 bits per heavy atom. The highest BCUT2D eigenvalue weighted by molar-refractivity contribution is 5.91. The second-order valence-electron chi connectivity index (χ2n) is 7.86. The van der Waals surface area contributed by atoms with Crippen LogP contribution in [-0.2, 0) is 32.4 Å². The molecule has 2 aromatic carbocycles. The molecule has 0 unspecified atom stereocenters. The molecule has 0 fully saturated rings. The van der Waals surface area contributed by atoms with Crippen LogP contribution < -0.4 is 5.32 Å². The summed E-state index contributed by atoms with van der Waals surface area (Å²) < 4.78 is 63.8. The van der Waals surface area contributed by atoms with E-state index in [0.29, 0.717) is 16.9 Å². The summed E-state index contributed by atoms with van der Waals surface area (Å²) in [5.74, 6) is -0.125. The van der Waals surface area contributed by atoms with Crippen molar-refractivity contribution in [2.24, 2.45) is 0 Å². The second kappa shape index (κ2) is 10.6. The molecular weight excluding hydrogens is 466 g/mol. The van der Waals surface area contributed by atoms with E-state index >= 15 is 0 Å². The number of aromatic nitrogens is 1. The molecule has 0 saturated carbocycles. The van der Waals surface area contributed by atoms with E-state index in [0.717, 1.165) is 12.1 Å². The van der Waals surface area contributed by atoms with E-state index in [4.69, 9.17) is 8.83 Å². The summed E-state index contributed by atoms with van der Waals surface area (Å²) in [5, 5.41) is 2.66. The number of halogens is 4. The van der Waals surface area contributed by atoms with Crippen LogP contribution in [0.25, 0.3) is 0 Å². The van der Waals surface area contributed by atoms with Gasteiger partial charge >= 0.3 is 6.18 Å². The number of alkyl halides is 3. The normalized spacial score (nSPS) is 11.7. The van der Waals surface area contributed by atoms with Gasteiger partial charge in [-0.25, -0.2) is 9.37 Å². The Hall–Kier alpha value is -3.92. The molecule has 1 amide bonds. The molecule has 0 saturated heterocycles. The zero-order valence-electron chi connectivity index (χ0n) is 18.4. The molecular formula is C25H21F4N3O3. The van der Waals surface area contributed by atoms with Crippen LogP contribution in [0, 0.1) is 5.82 Å². The van der Waals surface area contributed by atoms with Gasteiger partial charge in [-0.1, -0.05) is 30.3 Å². The van der Waals surface area contributed by atoms with Gasteiger partial charge in [0, 0.05) is 13.1 Å². The number of carbonyl (C=O) groups is 1. The number of rotatable bonds is 9. The minimum atomic E-state index is -4.47. The van der Waals surface area contributed by atoms with Crippen molar-refractivity contribution >= 4 is 5.91 Å². The van der Waals surface area contributed by atoms with Crippen molar-refractivity contribution in [1.82, 2.24) is 15.2 Å². The zero-order chi connectivity index (χ0) is 24.8. The average molecular weight is 487 g/mol. The minimum absolute atomic E-state index is 0.0522. The second-order valence-corrected chi connectivity index (χ2v) is 7.86. The van der Waals surface area contributed by atoms with Crippen LogP contribution in [0.2, 0.25) is 0 Å². The van der Waals surface area contributed by atoms with Gasteiger partial charge in [-0.3, -0.25) is 9.69 Å². The first kappa shape index (κ1) is 24.2. The standard InChI is InChI=1S/C25H21F4N3O3/c26-20-7-2-5-18(11-20)14-32(13-17-4-1-6-19(10-17)25(27,28)29)15-23-31-22(16-35-23)24(33)30-12-21-8-3-9-34-21/h1-11,16H,12-15H2,(H,30,33). The molecule has 0 bridgehead atoms. The number of oxazole rings is 1. The van der Waals surface area contributed by atoms with Crippen molar-refractivity contribution in [1.29, 1.82) is 0 Å². The maximum Gasteiger partial charge on any atom is 0.416 e. The van der Waals surface area contributed by atoms with Crippen LogP contribution in [0.1, 0.15) is 38.8 Å². The number of nitrogens with one attached hydrogen (secondary N) is 1. The molecule has 0 aliphatic rings. The van der Waals surface area contributed by atoms with Gasteiger partial charge in [0.15, 0.2) is 5.69 Å². The Bertz CT molecular complexity index is 1270. The molecule has 0 radical (unpaired) electrons. The minimum Gasteiger partial charge on any atom is -0.467 e.